The van der Waals surface area contributed by atoms with Crippen LogP contribution < -0.4 is 5.56 Å². The normalized spacial score (nSPS) is 16.9. The van der Waals surface area contributed by atoms with Crippen molar-refractivity contribution in [3.05, 3.63) is 105 Å². The Morgan fingerprint density at radius 1 is 0.935 bits per heavy atom. The van der Waals surface area contributed by atoms with Crippen molar-refractivity contribution >= 4 is 12.2 Å². The third kappa shape index (κ3) is 5.98. The van der Waals surface area contributed by atoms with Gasteiger partial charge in [0.2, 0.25) is 0 Å². The van der Waals surface area contributed by atoms with Gasteiger partial charge in [0.05, 0.1) is 0 Å². The molecule has 0 N–H and O–H groups in total. The minimum atomic E-state index is -0.692. The summed E-state index contributed by atoms with van der Waals surface area (Å²) in [4.78, 5) is 14.6. The van der Waals surface area contributed by atoms with E-state index in [1.54, 1.807) is 22.8 Å². The van der Waals surface area contributed by atoms with E-state index in [4.69, 9.17) is 0 Å². The highest BCUT2D eigenvalue weighted by Gasteiger charge is 2.21. The van der Waals surface area contributed by atoms with Gasteiger partial charge in [0.25, 0.3) is 5.56 Å². The zero-order valence-electron chi connectivity index (χ0n) is 17.4. The van der Waals surface area contributed by atoms with Gasteiger partial charge in [-0.15, -0.1) is 0 Å². The standard InChI is InChI=1S/C26H26F2N2O/c27-24-9-7-20(8-10-24)1-4-22-12-16-30(26(31)17-22)15-11-21-2-5-23(6-3-21)18-29-14-13-25(28)19-29/h1-10,12,16-17,25H,11,13-15,18-19H2/b4-1+/t25-/m0/s1. The average molecular weight is 421 g/mol. The number of rotatable bonds is 7. The molecule has 1 fully saturated rings. The summed E-state index contributed by atoms with van der Waals surface area (Å²) in [5.74, 6) is -0.268. The minimum absolute atomic E-state index is 0.0484. The van der Waals surface area contributed by atoms with E-state index in [2.05, 4.69) is 29.2 Å². The third-order valence-corrected chi connectivity index (χ3v) is 5.64. The lowest BCUT2D eigenvalue weighted by Gasteiger charge is -2.14. The van der Waals surface area contributed by atoms with E-state index >= 15 is 0 Å². The van der Waals surface area contributed by atoms with Gasteiger partial charge in [0.1, 0.15) is 12.0 Å². The Morgan fingerprint density at radius 2 is 1.65 bits per heavy atom. The molecule has 0 aliphatic carbocycles. The van der Waals surface area contributed by atoms with Gasteiger partial charge in [0, 0.05) is 38.4 Å². The van der Waals surface area contributed by atoms with Crippen molar-refractivity contribution in [3.8, 4) is 0 Å². The van der Waals surface area contributed by atoms with Crippen molar-refractivity contribution < 1.29 is 8.78 Å². The van der Waals surface area contributed by atoms with E-state index in [0.29, 0.717) is 19.5 Å². The second-order valence-corrected chi connectivity index (χ2v) is 8.06. The molecule has 0 amide bonds. The first kappa shape index (κ1) is 21.2. The summed E-state index contributed by atoms with van der Waals surface area (Å²) >= 11 is 0. The number of nitrogens with zero attached hydrogens (tertiary/aromatic N) is 2. The molecule has 1 atom stereocenters. The number of aryl methyl sites for hydroxylation is 2. The number of hydrogen-bond donors (Lipinski definition) is 0. The zero-order chi connectivity index (χ0) is 21.6. The van der Waals surface area contributed by atoms with Crippen LogP contribution in [0.1, 0.15) is 28.7 Å². The Hall–Kier alpha value is -3.05. The van der Waals surface area contributed by atoms with Gasteiger partial charge < -0.3 is 4.57 Å². The van der Waals surface area contributed by atoms with Crippen LogP contribution in [-0.2, 0) is 19.5 Å². The van der Waals surface area contributed by atoms with Crippen LogP contribution in [-0.4, -0.2) is 28.7 Å². The predicted molar refractivity (Wildman–Crippen MR) is 121 cm³/mol. The fraction of sp³-hybridized carbons (Fsp3) is 0.269. The van der Waals surface area contributed by atoms with Crippen LogP contribution >= 0.6 is 0 Å². The highest BCUT2D eigenvalue weighted by atomic mass is 19.1. The molecule has 2 heterocycles. The number of aromatic nitrogens is 1. The van der Waals surface area contributed by atoms with Crippen LogP contribution in [0.25, 0.3) is 12.2 Å². The molecule has 0 radical (unpaired) electrons. The summed E-state index contributed by atoms with van der Waals surface area (Å²) in [5, 5.41) is 0. The van der Waals surface area contributed by atoms with Crippen molar-refractivity contribution in [2.45, 2.75) is 32.1 Å². The fourth-order valence-electron chi connectivity index (χ4n) is 3.83. The second-order valence-electron chi connectivity index (χ2n) is 8.06. The van der Waals surface area contributed by atoms with Crippen LogP contribution in [0.5, 0.6) is 0 Å². The van der Waals surface area contributed by atoms with Gasteiger partial charge >= 0.3 is 0 Å². The molecule has 0 unspecified atom stereocenters. The monoisotopic (exact) mass is 420 g/mol. The first-order valence-electron chi connectivity index (χ1n) is 10.6. The maximum Gasteiger partial charge on any atom is 0.251 e. The van der Waals surface area contributed by atoms with Crippen molar-refractivity contribution in [2.75, 3.05) is 13.1 Å². The van der Waals surface area contributed by atoms with Gasteiger partial charge in [0.15, 0.2) is 0 Å². The van der Waals surface area contributed by atoms with Gasteiger partial charge in [-0.3, -0.25) is 9.69 Å². The smallest absolute Gasteiger partial charge is 0.251 e. The molecule has 3 nitrogen and oxygen atoms in total. The molecule has 5 heteroatoms. The molecule has 4 rings (SSSR count). The second kappa shape index (κ2) is 9.84. The summed E-state index contributed by atoms with van der Waals surface area (Å²) in [6.07, 6.45) is 6.22. The van der Waals surface area contributed by atoms with E-state index in [1.807, 2.05) is 24.4 Å². The Balaban J connectivity index is 1.32. The number of pyridine rings is 1. The molecule has 160 valence electrons. The Bertz CT molecular complexity index is 1090. The summed E-state index contributed by atoms with van der Waals surface area (Å²) in [6.45, 7) is 2.74. The maximum absolute atomic E-state index is 13.3. The van der Waals surface area contributed by atoms with Crippen molar-refractivity contribution in [1.29, 1.82) is 0 Å². The third-order valence-electron chi connectivity index (χ3n) is 5.64. The average Bonchev–Trinajstić information content (AvgIpc) is 3.18. The molecule has 1 saturated heterocycles. The molecule has 1 aliphatic rings. The first-order chi connectivity index (χ1) is 15.0. The molecule has 0 bridgehead atoms. The lowest BCUT2D eigenvalue weighted by Crippen LogP contribution is -2.20. The first-order valence-corrected chi connectivity index (χ1v) is 10.6. The summed E-state index contributed by atoms with van der Waals surface area (Å²) in [7, 11) is 0. The van der Waals surface area contributed by atoms with Crippen LogP contribution in [0.3, 0.4) is 0 Å². The van der Waals surface area contributed by atoms with Gasteiger partial charge in [-0.1, -0.05) is 48.6 Å². The lowest BCUT2D eigenvalue weighted by atomic mass is 10.1. The molecular weight excluding hydrogens is 394 g/mol. The topological polar surface area (TPSA) is 25.2 Å². The number of alkyl halides is 1. The maximum atomic E-state index is 13.3. The van der Waals surface area contributed by atoms with Gasteiger partial charge in [-0.05, 0) is 53.3 Å². The summed E-state index contributed by atoms with van der Waals surface area (Å²) in [5.41, 5.74) is 4.00. The SMILES string of the molecule is O=c1cc(/C=C/c2ccc(F)cc2)ccn1CCc1ccc(CN2CC[C@H](F)C2)cc1. The molecule has 1 aliphatic heterocycles. The predicted octanol–water partition coefficient (Wildman–Crippen LogP) is 4.94. The molecule has 31 heavy (non-hydrogen) atoms. The number of benzene rings is 2. The Morgan fingerprint density at radius 3 is 2.32 bits per heavy atom. The lowest BCUT2D eigenvalue weighted by molar-refractivity contribution is 0.282. The van der Waals surface area contributed by atoms with E-state index in [0.717, 1.165) is 30.6 Å². The largest absolute Gasteiger partial charge is 0.315 e. The Labute approximate surface area is 181 Å². The quantitative estimate of drug-likeness (QED) is 0.541. The van der Waals surface area contributed by atoms with E-state index in [9.17, 15) is 13.6 Å². The number of halogens is 2. The van der Waals surface area contributed by atoms with Crippen molar-refractivity contribution in [2.24, 2.45) is 0 Å². The molecule has 0 spiro atoms. The molecular formula is C26H26F2N2O. The highest BCUT2D eigenvalue weighted by molar-refractivity contribution is 5.69. The van der Waals surface area contributed by atoms with Gasteiger partial charge in [-0.25, -0.2) is 8.78 Å². The molecule has 0 saturated carbocycles. The van der Waals surface area contributed by atoms with Crippen LogP contribution in [0.15, 0.2) is 71.7 Å². The fourth-order valence-corrected chi connectivity index (χ4v) is 3.83. The van der Waals surface area contributed by atoms with Crippen LogP contribution in [0.2, 0.25) is 0 Å². The summed E-state index contributed by atoms with van der Waals surface area (Å²) < 4.78 is 28.0. The number of likely N-dealkylation sites (tertiary alicyclic amines) is 1. The highest BCUT2D eigenvalue weighted by Crippen LogP contribution is 2.16. The van der Waals surface area contributed by atoms with E-state index in [1.165, 1.54) is 23.3 Å². The van der Waals surface area contributed by atoms with Gasteiger partial charge in [-0.2, -0.15) is 0 Å². The Kier molecular flexibility index (Phi) is 6.73. The van der Waals surface area contributed by atoms with Crippen molar-refractivity contribution in [1.82, 2.24) is 9.47 Å². The molecule has 3 aromatic rings. The van der Waals surface area contributed by atoms with E-state index in [-0.39, 0.29) is 11.4 Å². The van der Waals surface area contributed by atoms with Crippen LogP contribution in [0.4, 0.5) is 8.78 Å². The minimum Gasteiger partial charge on any atom is -0.315 e. The summed E-state index contributed by atoms with van der Waals surface area (Å²) in [6, 6.07) is 18.1. The van der Waals surface area contributed by atoms with E-state index < -0.39 is 6.17 Å². The van der Waals surface area contributed by atoms with Crippen LogP contribution in [0, 0.1) is 5.82 Å². The number of hydrogen-bond acceptors (Lipinski definition) is 2. The van der Waals surface area contributed by atoms with Crippen molar-refractivity contribution in [3.63, 3.8) is 0 Å². The molecule has 2 aromatic carbocycles. The zero-order valence-corrected chi connectivity index (χ0v) is 17.4. The molecule has 1 aromatic heterocycles.